The summed E-state index contributed by atoms with van der Waals surface area (Å²) in [5, 5.41) is 2.55. The van der Waals surface area contributed by atoms with E-state index in [1.54, 1.807) is 19.3 Å². The molecule has 5 nitrogen and oxygen atoms in total. The van der Waals surface area contributed by atoms with Gasteiger partial charge in [-0.2, -0.15) is 0 Å². The Hall–Kier alpha value is -2.43. The van der Waals surface area contributed by atoms with E-state index in [-0.39, 0.29) is 18.1 Å². The van der Waals surface area contributed by atoms with Crippen LogP contribution in [0.3, 0.4) is 0 Å². The zero-order valence-electron chi connectivity index (χ0n) is 10.2. The van der Waals surface area contributed by atoms with Crippen LogP contribution in [0.15, 0.2) is 48.4 Å². The molecule has 0 aromatic heterocycles. The number of benzene rings is 1. The van der Waals surface area contributed by atoms with Crippen molar-refractivity contribution in [2.75, 3.05) is 7.11 Å². The first kappa shape index (κ1) is 13.6. The second-order valence-corrected chi connectivity index (χ2v) is 3.54. The van der Waals surface area contributed by atoms with Crippen LogP contribution >= 0.6 is 0 Å². The van der Waals surface area contributed by atoms with Gasteiger partial charge in [0.2, 0.25) is 5.91 Å². The average molecular weight is 247 g/mol. The zero-order valence-corrected chi connectivity index (χ0v) is 10.2. The number of methoxy groups -OCH3 is 1. The molecule has 96 valence electrons. The van der Waals surface area contributed by atoms with E-state index in [9.17, 15) is 4.79 Å². The van der Waals surface area contributed by atoms with Crippen molar-refractivity contribution in [1.82, 2.24) is 5.32 Å². The molecule has 0 bridgehead atoms. The van der Waals surface area contributed by atoms with E-state index in [0.717, 1.165) is 5.56 Å². The van der Waals surface area contributed by atoms with Crippen molar-refractivity contribution in [3.8, 4) is 5.75 Å². The van der Waals surface area contributed by atoms with Gasteiger partial charge in [-0.3, -0.25) is 4.79 Å². The van der Waals surface area contributed by atoms with Gasteiger partial charge in [-0.1, -0.05) is 18.2 Å². The maximum Gasteiger partial charge on any atom is 0.230 e. The van der Waals surface area contributed by atoms with Crippen LogP contribution in [-0.4, -0.2) is 13.0 Å². The fourth-order valence-corrected chi connectivity index (χ4v) is 1.43. The second-order valence-electron chi connectivity index (χ2n) is 3.54. The third-order valence-corrected chi connectivity index (χ3v) is 2.21. The van der Waals surface area contributed by atoms with Crippen LogP contribution in [0.1, 0.15) is 5.56 Å². The summed E-state index contributed by atoms with van der Waals surface area (Å²) >= 11 is 0. The molecule has 1 aromatic rings. The first-order chi connectivity index (χ1) is 8.67. The lowest BCUT2D eigenvalue weighted by Gasteiger charge is -2.08. The molecule has 0 heterocycles. The number of allylic oxidation sites excluding steroid dienone is 2. The highest BCUT2D eigenvalue weighted by Gasteiger charge is 2.07. The molecule has 0 radical (unpaired) electrons. The molecule has 0 aliphatic rings. The van der Waals surface area contributed by atoms with Gasteiger partial charge in [0.25, 0.3) is 0 Å². The van der Waals surface area contributed by atoms with Crippen molar-refractivity contribution in [2.45, 2.75) is 6.42 Å². The van der Waals surface area contributed by atoms with Crippen molar-refractivity contribution in [3.05, 3.63) is 54.0 Å². The lowest BCUT2D eigenvalue weighted by Crippen LogP contribution is -2.28. The van der Waals surface area contributed by atoms with Crippen LogP contribution < -0.4 is 21.5 Å². The summed E-state index contributed by atoms with van der Waals surface area (Å²) in [4.78, 5) is 11.7. The fraction of sp³-hybridized carbons (Fsp3) is 0.154. The minimum atomic E-state index is -0.210. The van der Waals surface area contributed by atoms with E-state index in [1.807, 2.05) is 18.2 Å². The Morgan fingerprint density at radius 2 is 2.17 bits per heavy atom. The highest BCUT2D eigenvalue weighted by molar-refractivity contribution is 5.80. The third kappa shape index (κ3) is 4.21. The summed E-state index contributed by atoms with van der Waals surface area (Å²) in [6.07, 6.45) is 4.59. The normalized spacial score (nSPS) is 11.5. The van der Waals surface area contributed by atoms with E-state index < -0.39 is 0 Å². The van der Waals surface area contributed by atoms with Crippen LogP contribution in [0.25, 0.3) is 0 Å². The summed E-state index contributed by atoms with van der Waals surface area (Å²) < 4.78 is 5.16. The van der Waals surface area contributed by atoms with Gasteiger partial charge >= 0.3 is 0 Å². The Balaban J connectivity index is 2.65. The van der Waals surface area contributed by atoms with Gasteiger partial charge in [0.15, 0.2) is 0 Å². The van der Waals surface area contributed by atoms with Gasteiger partial charge in [0.05, 0.1) is 13.5 Å². The topological polar surface area (TPSA) is 90.4 Å². The summed E-state index contributed by atoms with van der Waals surface area (Å²) in [6.45, 7) is 0. The summed E-state index contributed by atoms with van der Waals surface area (Å²) in [7, 11) is 1.57. The first-order valence-corrected chi connectivity index (χ1v) is 5.43. The van der Waals surface area contributed by atoms with Crippen molar-refractivity contribution >= 4 is 5.91 Å². The second kappa shape index (κ2) is 7.01. The monoisotopic (exact) mass is 247 g/mol. The minimum absolute atomic E-state index is 0.199. The number of nitrogens with one attached hydrogen (secondary N) is 1. The summed E-state index contributed by atoms with van der Waals surface area (Å²) in [5.41, 5.74) is 11.5. The molecule has 1 amide bonds. The number of carbonyl (C=O) groups excluding carboxylic acids is 1. The average Bonchev–Trinajstić information content (AvgIpc) is 2.36. The molecule has 0 saturated heterocycles. The van der Waals surface area contributed by atoms with Crippen LogP contribution in [0.2, 0.25) is 0 Å². The predicted molar refractivity (Wildman–Crippen MR) is 70.4 cm³/mol. The van der Waals surface area contributed by atoms with Crippen molar-refractivity contribution in [3.63, 3.8) is 0 Å². The van der Waals surface area contributed by atoms with E-state index in [2.05, 4.69) is 5.32 Å². The number of hydrogen-bond acceptors (Lipinski definition) is 4. The molecular formula is C13H17N3O2. The lowest BCUT2D eigenvalue weighted by molar-refractivity contribution is -0.119. The van der Waals surface area contributed by atoms with Gasteiger partial charge in [0.1, 0.15) is 11.6 Å². The van der Waals surface area contributed by atoms with Crippen LogP contribution in [0, 0.1) is 0 Å². The Morgan fingerprint density at radius 1 is 1.44 bits per heavy atom. The molecule has 1 rings (SSSR count). The van der Waals surface area contributed by atoms with Crippen molar-refractivity contribution in [2.24, 2.45) is 11.5 Å². The highest BCUT2D eigenvalue weighted by Crippen LogP contribution is 2.17. The van der Waals surface area contributed by atoms with Crippen LogP contribution in [0.5, 0.6) is 5.75 Å². The fourth-order valence-electron chi connectivity index (χ4n) is 1.43. The maximum absolute atomic E-state index is 11.7. The molecule has 0 spiro atoms. The molecule has 18 heavy (non-hydrogen) atoms. The van der Waals surface area contributed by atoms with E-state index in [0.29, 0.717) is 5.75 Å². The molecule has 0 fully saturated rings. The maximum atomic E-state index is 11.7. The largest absolute Gasteiger partial charge is 0.496 e. The van der Waals surface area contributed by atoms with Crippen LogP contribution in [-0.2, 0) is 11.2 Å². The number of para-hydroxylation sites is 1. The van der Waals surface area contributed by atoms with Crippen molar-refractivity contribution in [1.29, 1.82) is 0 Å². The highest BCUT2D eigenvalue weighted by atomic mass is 16.5. The molecule has 0 saturated carbocycles. The van der Waals surface area contributed by atoms with E-state index >= 15 is 0 Å². The lowest BCUT2D eigenvalue weighted by atomic mass is 10.1. The Kier molecular flexibility index (Phi) is 5.31. The molecular weight excluding hydrogens is 230 g/mol. The molecule has 0 aliphatic heterocycles. The number of amides is 1. The standard InChI is InChI=1S/C13H17N3O2/c1-18-11-6-3-2-5-10(11)9-13(17)16-12(15)7-4-8-14/h2-8H,9,14-15H2,1H3,(H,16,17)/b8-4-,12-7+. The third-order valence-electron chi connectivity index (χ3n) is 2.21. The quantitative estimate of drug-likeness (QED) is 0.665. The Labute approximate surface area is 106 Å². The smallest absolute Gasteiger partial charge is 0.230 e. The molecule has 5 N–H and O–H groups in total. The zero-order chi connectivity index (χ0) is 13.4. The minimum Gasteiger partial charge on any atom is -0.496 e. The predicted octanol–water partition coefficient (Wildman–Crippen LogP) is 0.626. The Bertz CT molecular complexity index is 467. The van der Waals surface area contributed by atoms with Crippen molar-refractivity contribution < 1.29 is 9.53 Å². The number of hydrogen-bond donors (Lipinski definition) is 3. The van der Waals surface area contributed by atoms with Gasteiger partial charge in [-0.25, -0.2) is 0 Å². The van der Waals surface area contributed by atoms with Crippen LogP contribution in [0.4, 0.5) is 0 Å². The van der Waals surface area contributed by atoms with E-state index in [4.69, 9.17) is 16.2 Å². The Morgan fingerprint density at radius 3 is 2.83 bits per heavy atom. The number of nitrogens with two attached hydrogens (primary N) is 2. The molecule has 5 heteroatoms. The summed E-state index contributed by atoms with van der Waals surface area (Å²) in [5.74, 6) is 0.715. The number of ether oxygens (including phenoxy) is 1. The number of carbonyl (C=O) groups is 1. The van der Waals surface area contributed by atoms with Gasteiger partial charge < -0.3 is 21.5 Å². The summed E-state index contributed by atoms with van der Waals surface area (Å²) in [6, 6.07) is 7.33. The van der Waals surface area contributed by atoms with E-state index in [1.165, 1.54) is 12.3 Å². The first-order valence-electron chi connectivity index (χ1n) is 5.43. The van der Waals surface area contributed by atoms with Gasteiger partial charge in [0, 0.05) is 5.56 Å². The SMILES string of the molecule is COc1ccccc1CC(=O)N/C(N)=C/C=C\N. The molecule has 1 aromatic carbocycles. The number of rotatable bonds is 5. The van der Waals surface area contributed by atoms with Gasteiger partial charge in [-0.15, -0.1) is 0 Å². The molecule has 0 aliphatic carbocycles. The van der Waals surface area contributed by atoms with Gasteiger partial charge in [-0.05, 0) is 24.4 Å². The molecule has 0 atom stereocenters. The molecule has 0 unspecified atom stereocenters.